The predicted molar refractivity (Wildman–Crippen MR) is 131 cm³/mol. The van der Waals surface area contributed by atoms with Crippen LogP contribution in [0.4, 0.5) is 0 Å². The van der Waals surface area contributed by atoms with Crippen LogP contribution in [0, 0.1) is 0 Å². The van der Waals surface area contributed by atoms with Gasteiger partial charge in [0.05, 0.1) is 15.9 Å². The number of benzene rings is 1. The van der Waals surface area contributed by atoms with Crippen LogP contribution in [-0.4, -0.2) is 47.3 Å². The molecule has 0 atom stereocenters. The fourth-order valence-corrected chi connectivity index (χ4v) is 6.64. The number of fused-ring (bicyclic) bond motifs is 1. The summed E-state index contributed by atoms with van der Waals surface area (Å²) in [6, 6.07) is 5.61. The molecular weight excluding hydrogens is 436 g/mol. The van der Waals surface area contributed by atoms with Crippen LogP contribution in [0.2, 0.25) is 0 Å². The van der Waals surface area contributed by atoms with Gasteiger partial charge < -0.3 is 9.88 Å². The third kappa shape index (κ3) is 5.77. The SMILES string of the molecule is CCCCn1c(CCC(=O)NC2CCCCCC2)nc2cc(S(=O)(=O)N3CCCC3)ccc21. The minimum atomic E-state index is -3.48. The topological polar surface area (TPSA) is 84.3 Å². The van der Waals surface area contributed by atoms with Crippen molar-refractivity contribution in [2.45, 2.75) is 101 Å². The van der Waals surface area contributed by atoms with Gasteiger partial charge in [0.15, 0.2) is 0 Å². The molecule has 0 spiro atoms. The number of sulfonamides is 1. The molecule has 2 heterocycles. The first-order chi connectivity index (χ1) is 16.0. The third-order valence-corrected chi connectivity index (χ3v) is 8.93. The van der Waals surface area contributed by atoms with Crippen molar-refractivity contribution in [3.05, 3.63) is 24.0 Å². The molecule has 0 bridgehead atoms. The fourth-order valence-electron chi connectivity index (χ4n) is 5.10. The van der Waals surface area contributed by atoms with Gasteiger partial charge in [-0.2, -0.15) is 4.31 Å². The lowest BCUT2D eigenvalue weighted by molar-refractivity contribution is -0.121. The van der Waals surface area contributed by atoms with Crippen LogP contribution in [0.15, 0.2) is 23.1 Å². The van der Waals surface area contributed by atoms with Crippen molar-refractivity contribution in [1.29, 1.82) is 0 Å². The Balaban J connectivity index is 1.51. The maximum Gasteiger partial charge on any atom is 0.243 e. The molecule has 7 nitrogen and oxygen atoms in total. The first-order valence-corrected chi connectivity index (χ1v) is 14.2. The van der Waals surface area contributed by atoms with Gasteiger partial charge in [0, 0.05) is 38.5 Å². The molecule has 8 heteroatoms. The zero-order valence-electron chi connectivity index (χ0n) is 19.9. The molecule has 2 fully saturated rings. The van der Waals surface area contributed by atoms with Crippen LogP contribution in [0.5, 0.6) is 0 Å². The number of carbonyl (C=O) groups excluding carboxylic acids is 1. The lowest BCUT2D eigenvalue weighted by Crippen LogP contribution is -2.34. The standard InChI is InChI=1S/C25H38N4O3S/c1-2-3-18-29-23-13-12-21(33(31,32)28-16-8-9-17-28)19-22(23)27-24(29)14-15-25(30)26-20-10-6-4-5-7-11-20/h12-13,19-20H,2-11,14-18H2,1H3,(H,26,30). The highest BCUT2D eigenvalue weighted by Crippen LogP contribution is 2.26. The number of unbranched alkanes of at least 4 members (excludes halogenated alkanes) is 1. The normalized spacial score (nSPS) is 18.6. The number of hydrogen-bond acceptors (Lipinski definition) is 4. The van der Waals surface area contributed by atoms with E-state index in [4.69, 9.17) is 4.98 Å². The Morgan fingerprint density at radius 2 is 1.82 bits per heavy atom. The smallest absolute Gasteiger partial charge is 0.243 e. The van der Waals surface area contributed by atoms with Gasteiger partial charge in [-0.3, -0.25) is 4.79 Å². The molecule has 0 unspecified atom stereocenters. The van der Waals surface area contributed by atoms with Gasteiger partial charge >= 0.3 is 0 Å². The minimum Gasteiger partial charge on any atom is -0.353 e. The molecule has 1 aliphatic carbocycles. The summed E-state index contributed by atoms with van der Waals surface area (Å²) < 4.78 is 29.8. The Bertz CT molecular complexity index is 1050. The van der Waals surface area contributed by atoms with Crippen molar-refractivity contribution in [1.82, 2.24) is 19.2 Å². The average molecular weight is 475 g/mol. The molecule has 1 saturated heterocycles. The summed E-state index contributed by atoms with van der Waals surface area (Å²) in [7, 11) is -3.48. The van der Waals surface area contributed by atoms with Crippen LogP contribution >= 0.6 is 0 Å². The fraction of sp³-hybridized carbons (Fsp3) is 0.680. The summed E-state index contributed by atoms with van der Waals surface area (Å²) in [5.41, 5.74) is 1.65. The number of rotatable bonds is 9. The number of hydrogen-bond donors (Lipinski definition) is 1. The molecule has 1 aliphatic heterocycles. The number of nitrogens with one attached hydrogen (secondary N) is 1. The molecule has 2 aliphatic rings. The summed E-state index contributed by atoms with van der Waals surface area (Å²) >= 11 is 0. The number of carbonyl (C=O) groups is 1. The van der Waals surface area contributed by atoms with E-state index in [1.54, 1.807) is 16.4 Å². The Morgan fingerprint density at radius 3 is 2.52 bits per heavy atom. The Hall–Kier alpha value is -1.93. The summed E-state index contributed by atoms with van der Waals surface area (Å²) in [6.45, 7) is 4.16. The monoisotopic (exact) mass is 474 g/mol. The highest BCUT2D eigenvalue weighted by Gasteiger charge is 2.28. The van der Waals surface area contributed by atoms with E-state index in [0.717, 1.165) is 56.4 Å². The van der Waals surface area contributed by atoms with Crippen LogP contribution in [-0.2, 0) is 27.8 Å². The Morgan fingerprint density at radius 1 is 1.09 bits per heavy atom. The zero-order chi connectivity index (χ0) is 23.3. The highest BCUT2D eigenvalue weighted by molar-refractivity contribution is 7.89. The molecule has 0 radical (unpaired) electrons. The number of amides is 1. The lowest BCUT2D eigenvalue weighted by atomic mass is 10.1. The molecule has 182 valence electrons. The quantitative estimate of drug-likeness (QED) is 0.546. The largest absolute Gasteiger partial charge is 0.353 e. The second-order valence-corrected chi connectivity index (χ2v) is 11.5. The molecule has 33 heavy (non-hydrogen) atoms. The Kier molecular flexibility index (Phi) is 8.07. The van der Waals surface area contributed by atoms with Gasteiger partial charge in [0.1, 0.15) is 5.82 Å². The predicted octanol–water partition coefficient (Wildman–Crippen LogP) is 4.39. The highest BCUT2D eigenvalue weighted by atomic mass is 32.2. The van der Waals surface area contributed by atoms with E-state index >= 15 is 0 Å². The van der Waals surface area contributed by atoms with Crippen molar-refractivity contribution >= 4 is 27.0 Å². The van der Waals surface area contributed by atoms with Gasteiger partial charge in [0.2, 0.25) is 15.9 Å². The van der Waals surface area contributed by atoms with Gasteiger partial charge in [-0.1, -0.05) is 39.0 Å². The van der Waals surface area contributed by atoms with E-state index in [9.17, 15) is 13.2 Å². The van der Waals surface area contributed by atoms with Gasteiger partial charge in [-0.15, -0.1) is 0 Å². The van der Waals surface area contributed by atoms with E-state index in [0.29, 0.717) is 42.4 Å². The molecule has 2 aromatic rings. The van der Waals surface area contributed by atoms with Crippen LogP contribution in [0.3, 0.4) is 0 Å². The third-order valence-electron chi connectivity index (χ3n) is 7.03. The molecule has 4 rings (SSSR count). The average Bonchev–Trinajstić information content (AvgIpc) is 3.39. The number of imidazole rings is 1. The van der Waals surface area contributed by atoms with Gasteiger partial charge in [0.25, 0.3) is 0 Å². The Labute approximate surface area is 198 Å². The minimum absolute atomic E-state index is 0.0910. The summed E-state index contributed by atoms with van der Waals surface area (Å²) in [4.78, 5) is 17.8. The van der Waals surface area contributed by atoms with E-state index in [2.05, 4.69) is 16.8 Å². The molecule has 1 aromatic carbocycles. The van der Waals surface area contributed by atoms with Gasteiger partial charge in [-0.25, -0.2) is 13.4 Å². The number of aromatic nitrogens is 2. The first kappa shape index (κ1) is 24.2. The summed E-state index contributed by atoms with van der Waals surface area (Å²) in [6.07, 6.45) is 12.0. The molecular formula is C25H38N4O3S. The van der Waals surface area contributed by atoms with E-state index in [1.807, 2.05) is 6.07 Å². The van der Waals surface area contributed by atoms with Crippen LogP contribution < -0.4 is 5.32 Å². The number of nitrogens with zero attached hydrogens (tertiary/aromatic N) is 3. The van der Waals surface area contributed by atoms with Crippen LogP contribution in [0.25, 0.3) is 11.0 Å². The maximum absolute atomic E-state index is 13.0. The second kappa shape index (κ2) is 11.0. The molecule has 1 saturated carbocycles. The lowest BCUT2D eigenvalue weighted by Gasteiger charge is -2.16. The van der Waals surface area contributed by atoms with Crippen molar-refractivity contribution < 1.29 is 13.2 Å². The van der Waals surface area contributed by atoms with Crippen molar-refractivity contribution in [2.75, 3.05) is 13.1 Å². The van der Waals surface area contributed by atoms with Gasteiger partial charge in [-0.05, 0) is 50.3 Å². The second-order valence-electron chi connectivity index (χ2n) is 9.55. The summed E-state index contributed by atoms with van der Waals surface area (Å²) in [5.74, 6) is 0.957. The van der Waals surface area contributed by atoms with Crippen LogP contribution in [0.1, 0.15) is 83.4 Å². The molecule has 1 amide bonds. The summed E-state index contributed by atoms with van der Waals surface area (Å²) in [5, 5.41) is 3.22. The first-order valence-electron chi connectivity index (χ1n) is 12.8. The van der Waals surface area contributed by atoms with Crippen molar-refractivity contribution in [2.24, 2.45) is 0 Å². The molecule has 1 N–H and O–H groups in total. The zero-order valence-corrected chi connectivity index (χ0v) is 20.7. The van der Waals surface area contributed by atoms with E-state index in [-0.39, 0.29) is 5.91 Å². The molecule has 1 aromatic heterocycles. The maximum atomic E-state index is 13.0. The van der Waals surface area contributed by atoms with E-state index < -0.39 is 10.0 Å². The van der Waals surface area contributed by atoms with E-state index in [1.165, 1.54) is 25.7 Å². The number of aryl methyl sites for hydroxylation is 2. The van der Waals surface area contributed by atoms with Crippen molar-refractivity contribution in [3.8, 4) is 0 Å². The van der Waals surface area contributed by atoms with Crippen molar-refractivity contribution in [3.63, 3.8) is 0 Å².